The molecule has 0 amide bonds. The fourth-order valence-electron chi connectivity index (χ4n) is 1.08. The third-order valence-corrected chi connectivity index (χ3v) is 1.88. The van der Waals surface area contributed by atoms with E-state index in [1.165, 1.54) is 0 Å². The molecule has 0 aromatic carbocycles. The van der Waals surface area contributed by atoms with Gasteiger partial charge in [-0.3, -0.25) is 9.59 Å². The van der Waals surface area contributed by atoms with Crippen molar-refractivity contribution in [3.8, 4) is 0 Å². The number of aldehydes is 1. The van der Waals surface area contributed by atoms with E-state index in [2.05, 4.69) is 13.5 Å². The maximum Gasteiger partial charge on any atom is 0.201 e. The first-order valence-electron chi connectivity index (χ1n) is 4.37. The van der Waals surface area contributed by atoms with Crippen molar-refractivity contribution in [2.24, 2.45) is 5.92 Å². The number of carbonyl (C=O) groups excluding carboxylic acids is 2. The van der Waals surface area contributed by atoms with E-state index in [1.807, 2.05) is 0 Å². The predicted octanol–water partition coefficient (Wildman–Crippen LogP) is 2.14. The number of carbonyl (C=O) groups is 2. The van der Waals surface area contributed by atoms with E-state index in [1.54, 1.807) is 6.08 Å². The number of ketones is 1. The standard InChI is InChI=1S/C10H16O2/c1-3-5-6-7-9(4-2)10(12)8-11/h4,8-9H,2-3,5-7H2,1H3. The molecule has 0 aromatic rings. The van der Waals surface area contributed by atoms with E-state index < -0.39 is 0 Å². The lowest BCUT2D eigenvalue weighted by molar-refractivity contribution is -0.131. The van der Waals surface area contributed by atoms with Crippen LogP contribution in [0.15, 0.2) is 12.7 Å². The summed E-state index contributed by atoms with van der Waals surface area (Å²) in [6, 6.07) is 0. The van der Waals surface area contributed by atoms with Crippen LogP contribution in [-0.2, 0) is 9.59 Å². The van der Waals surface area contributed by atoms with Crippen molar-refractivity contribution in [3.05, 3.63) is 12.7 Å². The van der Waals surface area contributed by atoms with E-state index in [0.717, 1.165) is 25.7 Å². The molecular weight excluding hydrogens is 152 g/mol. The van der Waals surface area contributed by atoms with Gasteiger partial charge < -0.3 is 0 Å². The fraction of sp³-hybridized carbons (Fsp3) is 0.600. The van der Waals surface area contributed by atoms with Crippen LogP contribution in [0.1, 0.15) is 32.6 Å². The Kier molecular flexibility index (Phi) is 6.25. The Morgan fingerprint density at radius 1 is 1.50 bits per heavy atom. The van der Waals surface area contributed by atoms with Gasteiger partial charge in [0.2, 0.25) is 5.78 Å². The predicted molar refractivity (Wildman–Crippen MR) is 48.9 cm³/mol. The number of unbranched alkanes of at least 4 members (excludes halogenated alkanes) is 2. The lowest BCUT2D eigenvalue weighted by Gasteiger charge is -2.05. The summed E-state index contributed by atoms with van der Waals surface area (Å²) in [5, 5.41) is 0. The van der Waals surface area contributed by atoms with Gasteiger partial charge in [-0.1, -0.05) is 32.3 Å². The summed E-state index contributed by atoms with van der Waals surface area (Å²) in [4.78, 5) is 21.0. The molecule has 0 radical (unpaired) electrons. The van der Waals surface area contributed by atoms with Crippen LogP contribution in [0.2, 0.25) is 0 Å². The van der Waals surface area contributed by atoms with Crippen molar-refractivity contribution >= 4 is 12.1 Å². The zero-order valence-corrected chi connectivity index (χ0v) is 7.58. The van der Waals surface area contributed by atoms with E-state index >= 15 is 0 Å². The number of rotatable bonds is 7. The molecule has 0 heterocycles. The molecule has 2 nitrogen and oxygen atoms in total. The van der Waals surface area contributed by atoms with Gasteiger partial charge in [-0.05, 0) is 6.42 Å². The van der Waals surface area contributed by atoms with Crippen molar-refractivity contribution in [2.75, 3.05) is 0 Å². The van der Waals surface area contributed by atoms with Crippen LogP contribution < -0.4 is 0 Å². The molecule has 1 atom stereocenters. The zero-order valence-electron chi connectivity index (χ0n) is 7.58. The lowest BCUT2D eigenvalue weighted by atomic mass is 9.98. The van der Waals surface area contributed by atoms with Gasteiger partial charge in [-0.2, -0.15) is 0 Å². The normalized spacial score (nSPS) is 12.1. The van der Waals surface area contributed by atoms with Gasteiger partial charge in [-0.25, -0.2) is 0 Å². The zero-order chi connectivity index (χ0) is 9.40. The third-order valence-electron chi connectivity index (χ3n) is 1.88. The van der Waals surface area contributed by atoms with Gasteiger partial charge in [0.25, 0.3) is 0 Å². The molecule has 0 aliphatic carbocycles. The first kappa shape index (κ1) is 11.1. The SMILES string of the molecule is C=CC(CCCCC)C(=O)C=O. The van der Waals surface area contributed by atoms with Crippen molar-refractivity contribution in [1.29, 1.82) is 0 Å². The summed E-state index contributed by atoms with van der Waals surface area (Å²) in [7, 11) is 0. The first-order chi connectivity index (χ1) is 5.76. The monoisotopic (exact) mass is 168 g/mol. The number of hydrogen-bond acceptors (Lipinski definition) is 2. The highest BCUT2D eigenvalue weighted by Crippen LogP contribution is 2.10. The molecular formula is C10H16O2. The molecule has 0 bridgehead atoms. The smallest absolute Gasteiger partial charge is 0.201 e. The Morgan fingerprint density at radius 3 is 2.58 bits per heavy atom. The Labute approximate surface area is 73.7 Å². The highest BCUT2D eigenvalue weighted by atomic mass is 16.2. The van der Waals surface area contributed by atoms with Crippen LogP contribution in [-0.4, -0.2) is 12.1 Å². The number of hydrogen-bond donors (Lipinski definition) is 0. The van der Waals surface area contributed by atoms with Crippen LogP contribution >= 0.6 is 0 Å². The summed E-state index contributed by atoms with van der Waals surface area (Å²) in [5.41, 5.74) is 0. The van der Waals surface area contributed by atoms with Gasteiger partial charge in [0, 0.05) is 5.92 Å². The van der Waals surface area contributed by atoms with Crippen molar-refractivity contribution in [1.82, 2.24) is 0 Å². The fourth-order valence-corrected chi connectivity index (χ4v) is 1.08. The van der Waals surface area contributed by atoms with Gasteiger partial charge in [0.05, 0.1) is 0 Å². The molecule has 0 rings (SSSR count). The van der Waals surface area contributed by atoms with Crippen LogP contribution in [0, 0.1) is 5.92 Å². The van der Waals surface area contributed by atoms with Crippen LogP contribution in [0.3, 0.4) is 0 Å². The molecule has 12 heavy (non-hydrogen) atoms. The maximum atomic E-state index is 10.9. The van der Waals surface area contributed by atoms with Crippen LogP contribution in [0.5, 0.6) is 0 Å². The largest absolute Gasteiger partial charge is 0.295 e. The molecule has 0 saturated heterocycles. The highest BCUT2D eigenvalue weighted by molar-refractivity contribution is 6.26. The van der Waals surface area contributed by atoms with Gasteiger partial charge in [-0.15, -0.1) is 6.58 Å². The minimum Gasteiger partial charge on any atom is -0.295 e. The minimum atomic E-state index is -0.346. The second-order valence-electron chi connectivity index (χ2n) is 2.86. The Bertz CT molecular complexity index is 161. The summed E-state index contributed by atoms with van der Waals surface area (Å²) in [6.07, 6.45) is 5.93. The molecule has 0 spiro atoms. The highest BCUT2D eigenvalue weighted by Gasteiger charge is 2.12. The quantitative estimate of drug-likeness (QED) is 0.252. The Hall–Kier alpha value is -0.920. The van der Waals surface area contributed by atoms with Gasteiger partial charge in [0.1, 0.15) is 0 Å². The summed E-state index contributed by atoms with van der Waals surface area (Å²) < 4.78 is 0. The van der Waals surface area contributed by atoms with Crippen molar-refractivity contribution in [2.45, 2.75) is 32.6 Å². The topological polar surface area (TPSA) is 34.1 Å². The summed E-state index contributed by atoms with van der Waals surface area (Å²) in [6.45, 7) is 5.63. The number of allylic oxidation sites excluding steroid dienone is 1. The maximum absolute atomic E-state index is 10.9. The molecule has 68 valence electrons. The third kappa shape index (κ3) is 4.06. The second-order valence-corrected chi connectivity index (χ2v) is 2.86. The molecule has 2 heteroatoms. The number of Topliss-reactive ketones (excluding diaryl/α,β-unsaturated/α-hetero) is 1. The Morgan fingerprint density at radius 2 is 2.17 bits per heavy atom. The Balaban J connectivity index is 3.75. The van der Waals surface area contributed by atoms with Gasteiger partial charge >= 0.3 is 0 Å². The molecule has 0 fully saturated rings. The van der Waals surface area contributed by atoms with Crippen LogP contribution in [0.4, 0.5) is 0 Å². The van der Waals surface area contributed by atoms with E-state index in [9.17, 15) is 9.59 Å². The summed E-state index contributed by atoms with van der Waals surface area (Å²) >= 11 is 0. The minimum absolute atomic E-state index is 0.256. The van der Waals surface area contributed by atoms with E-state index in [0.29, 0.717) is 6.29 Å². The molecule has 0 N–H and O–H groups in total. The van der Waals surface area contributed by atoms with Gasteiger partial charge in [0.15, 0.2) is 6.29 Å². The summed E-state index contributed by atoms with van der Waals surface area (Å²) in [5.74, 6) is -0.602. The van der Waals surface area contributed by atoms with Crippen LogP contribution in [0.25, 0.3) is 0 Å². The first-order valence-corrected chi connectivity index (χ1v) is 4.37. The average Bonchev–Trinajstić information content (AvgIpc) is 2.11. The molecule has 0 aliphatic heterocycles. The molecule has 0 saturated carbocycles. The molecule has 0 aliphatic rings. The lowest BCUT2D eigenvalue weighted by Crippen LogP contribution is -2.12. The van der Waals surface area contributed by atoms with E-state index in [-0.39, 0.29) is 11.7 Å². The van der Waals surface area contributed by atoms with E-state index in [4.69, 9.17) is 0 Å². The van der Waals surface area contributed by atoms with Crippen molar-refractivity contribution < 1.29 is 9.59 Å². The van der Waals surface area contributed by atoms with Crippen molar-refractivity contribution in [3.63, 3.8) is 0 Å². The average molecular weight is 168 g/mol. The second kappa shape index (κ2) is 6.77. The molecule has 0 aromatic heterocycles. The molecule has 1 unspecified atom stereocenters.